The van der Waals surface area contributed by atoms with E-state index >= 15 is 0 Å². The van der Waals surface area contributed by atoms with Gasteiger partial charge >= 0.3 is 0 Å². The summed E-state index contributed by atoms with van der Waals surface area (Å²) in [7, 11) is 2.24. The number of nitrogens with zero attached hydrogens (tertiary/aromatic N) is 2. The van der Waals surface area contributed by atoms with E-state index in [1.807, 2.05) is 0 Å². The van der Waals surface area contributed by atoms with Gasteiger partial charge in [-0.1, -0.05) is 20.8 Å². The lowest BCUT2D eigenvalue weighted by Crippen LogP contribution is -2.46. The van der Waals surface area contributed by atoms with Gasteiger partial charge in [-0.3, -0.25) is 4.90 Å². The molecule has 1 N–H and O–H groups in total. The Kier molecular flexibility index (Phi) is 7.09. The first kappa shape index (κ1) is 14.9. The van der Waals surface area contributed by atoms with Crippen molar-refractivity contribution in [3.63, 3.8) is 0 Å². The summed E-state index contributed by atoms with van der Waals surface area (Å²) >= 11 is 0. The van der Waals surface area contributed by atoms with Gasteiger partial charge in [-0.15, -0.1) is 0 Å². The number of hydrogen-bond donors (Lipinski definition) is 1. The minimum atomic E-state index is 0.607. The fraction of sp³-hybridized carbons (Fsp3) is 1.00. The number of piperidine rings is 1. The Bertz CT molecular complexity index is 186. The summed E-state index contributed by atoms with van der Waals surface area (Å²) in [4.78, 5) is 5.15. The van der Waals surface area contributed by atoms with Crippen LogP contribution in [0.3, 0.4) is 0 Å². The molecule has 17 heavy (non-hydrogen) atoms. The maximum Gasteiger partial charge on any atom is 0.0120 e. The van der Waals surface area contributed by atoms with Crippen molar-refractivity contribution in [2.45, 2.75) is 52.1 Å². The molecule has 1 aliphatic heterocycles. The van der Waals surface area contributed by atoms with Crippen LogP contribution in [-0.2, 0) is 0 Å². The van der Waals surface area contributed by atoms with Gasteiger partial charge in [0.2, 0.25) is 0 Å². The van der Waals surface area contributed by atoms with Crippen molar-refractivity contribution < 1.29 is 0 Å². The molecule has 0 radical (unpaired) electrons. The quantitative estimate of drug-likeness (QED) is 0.733. The lowest BCUT2D eigenvalue weighted by atomic mass is 10.0. The molecule has 102 valence electrons. The molecule has 0 aliphatic carbocycles. The highest BCUT2D eigenvalue weighted by Gasteiger charge is 2.22. The Morgan fingerprint density at radius 3 is 2.41 bits per heavy atom. The number of rotatable bonds is 7. The van der Waals surface area contributed by atoms with Crippen LogP contribution >= 0.6 is 0 Å². The first-order valence-corrected chi connectivity index (χ1v) is 7.29. The lowest BCUT2D eigenvalue weighted by molar-refractivity contribution is 0.121. The molecule has 0 atom stereocenters. The van der Waals surface area contributed by atoms with Gasteiger partial charge in [0, 0.05) is 25.2 Å². The average Bonchev–Trinajstić information content (AvgIpc) is 2.29. The fourth-order valence-corrected chi connectivity index (χ4v) is 2.62. The van der Waals surface area contributed by atoms with Crippen molar-refractivity contribution in [3.8, 4) is 0 Å². The predicted octanol–water partition coefficient (Wildman–Crippen LogP) is 1.79. The molecular weight excluding hydrogens is 210 g/mol. The normalized spacial score (nSPS) is 19.4. The van der Waals surface area contributed by atoms with Crippen molar-refractivity contribution >= 4 is 0 Å². The van der Waals surface area contributed by atoms with Crippen LogP contribution in [0, 0.1) is 0 Å². The van der Waals surface area contributed by atoms with Gasteiger partial charge in [0.05, 0.1) is 0 Å². The van der Waals surface area contributed by atoms with E-state index in [4.69, 9.17) is 0 Å². The molecule has 1 fully saturated rings. The Morgan fingerprint density at radius 1 is 1.24 bits per heavy atom. The van der Waals surface area contributed by atoms with Crippen LogP contribution < -0.4 is 5.32 Å². The van der Waals surface area contributed by atoms with Gasteiger partial charge in [0.15, 0.2) is 0 Å². The van der Waals surface area contributed by atoms with Crippen LogP contribution in [-0.4, -0.2) is 61.7 Å². The van der Waals surface area contributed by atoms with E-state index < -0.39 is 0 Å². The topological polar surface area (TPSA) is 18.5 Å². The zero-order chi connectivity index (χ0) is 12.7. The fourth-order valence-electron chi connectivity index (χ4n) is 2.62. The molecule has 0 aromatic carbocycles. The first-order valence-electron chi connectivity index (χ1n) is 7.29. The minimum absolute atomic E-state index is 0.607. The molecule has 1 heterocycles. The summed E-state index contributed by atoms with van der Waals surface area (Å²) in [5.41, 5.74) is 0. The van der Waals surface area contributed by atoms with E-state index in [2.05, 4.69) is 42.9 Å². The zero-order valence-corrected chi connectivity index (χ0v) is 12.2. The molecule has 0 bridgehead atoms. The monoisotopic (exact) mass is 241 g/mol. The standard InChI is InChI=1S/C14H31N3/c1-5-9-17(12-8-15-13(2)3)14-6-10-16(4)11-7-14/h13-15H,5-12H2,1-4H3. The Hall–Kier alpha value is -0.120. The molecular formula is C14H31N3. The smallest absolute Gasteiger partial charge is 0.0120 e. The van der Waals surface area contributed by atoms with Crippen LogP contribution in [0.25, 0.3) is 0 Å². The molecule has 0 aromatic heterocycles. The number of nitrogens with one attached hydrogen (secondary N) is 1. The van der Waals surface area contributed by atoms with Crippen molar-refractivity contribution in [2.75, 3.05) is 39.8 Å². The first-order chi connectivity index (χ1) is 8.13. The van der Waals surface area contributed by atoms with Crippen molar-refractivity contribution in [1.82, 2.24) is 15.1 Å². The maximum absolute atomic E-state index is 3.53. The van der Waals surface area contributed by atoms with Gasteiger partial charge < -0.3 is 10.2 Å². The van der Waals surface area contributed by atoms with Crippen LogP contribution in [0.5, 0.6) is 0 Å². The molecule has 0 amide bonds. The van der Waals surface area contributed by atoms with Gasteiger partial charge in [0.25, 0.3) is 0 Å². The summed E-state index contributed by atoms with van der Waals surface area (Å²) in [5.74, 6) is 0. The highest BCUT2D eigenvalue weighted by molar-refractivity contribution is 4.79. The molecule has 0 saturated carbocycles. The van der Waals surface area contributed by atoms with Gasteiger partial charge in [-0.05, 0) is 45.9 Å². The molecule has 0 aromatic rings. The third-order valence-corrected chi connectivity index (χ3v) is 3.67. The zero-order valence-electron chi connectivity index (χ0n) is 12.2. The lowest BCUT2D eigenvalue weighted by Gasteiger charge is -2.37. The second-order valence-electron chi connectivity index (χ2n) is 5.68. The number of hydrogen-bond acceptors (Lipinski definition) is 3. The average molecular weight is 241 g/mol. The summed E-state index contributed by atoms with van der Waals surface area (Å²) < 4.78 is 0. The van der Waals surface area contributed by atoms with Crippen molar-refractivity contribution in [1.29, 1.82) is 0 Å². The maximum atomic E-state index is 3.53. The predicted molar refractivity (Wildman–Crippen MR) is 75.5 cm³/mol. The number of likely N-dealkylation sites (tertiary alicyclic amines) is 1. The molecule has 3 nitrogen and oxygen atoms in total. The van der Waals surface area contributed by atoms with E-state index in [-0.39, 0.29) is 0 Å². The largest absolute Gasteiger partial charge is 0.313 e. The highest BCUT2D eigenvalue weighted by Crippen LogP contribution is 2.15. The second kappa shape index (κ2) is 8.06. The van der Waals surface area contributed by atoms with Gasteiger partial charge in [0.1, 0.15) is 0 Å². The Morgan fingerprint density at radius 2 is 1.88 bits per heavy atom. The molecule has 0 unspecified atom stereocenters. The molecule has 3 heteroatoms. The Balaban J connectivity index is 2.31. The van der Waals surface area contributed by atoms with Crippen LogP contribution in [0.15, 0.2) is 0 Å². The third kappa shape index (κ3) is 5.84. The Labute approximate surface area is 108 Å². The molecule has 0 spiro atoms. The van der Waals surface area contributed by atoms with E-state index in [1.54, 1.807) is 0 Å². The summed E-state index contributed by atoms with van der Waals surface area (Å²) in [6, 6.07) is 1.43. The molecule has 1 saturated heterocycles. The molecule has 1 aliphatic rings. The van der Waals surface area contributed by atoms with E-state index in [0.29, 0.717) is 6.04 Å². The van der Waals surface area contributed by atoms with Crippen molar-refractivity contribution in [3.05, 3.63) is 0 Å². The minimum Gasteiger partial charge on any atom is -0.313 e. The van der Waals surface area contributed by atoms with E-state index in [1.165, 1.54) is 45.4 Å². The highest BCUT2D eigenvalue weighted by atomic mass is 15.2. The van der Waals surface area contributed by atoms with E-state index in [9.17, 15) is 0 Å². The summed E-state index contributed by atoms with van der Waals surface area (Å²) in [6.45, 7) is 12.9. The van der Waals surface area contributed by atoms with Crippen LogP contribution in [0.1, 0.15) is 40.0 Å². The SMILES string of the molecule is CCCN(CCNC(C)C)C1CCN(C)CC1. The van der Waals surface area contributed by atoms with Gasteiger partial charge in [-0.2, -0.15) is 0 Å². The molecule has 1 rings (SSSR count). The third-order valence-electron chi connectivity index (χ3n) is 3.67. The van der Waals surface area contributed by atoms with Gasteiger partial charge in [-0.25, -0.2) is 0 Å². The summed E-state index contributed by atoms with van der Waals surface area (Å²) in [5, 5.41) is 3.53. The summed E-state index contributed by atoms with van der Waals surface area (Å²) in [6.07, 6.45) is 3.96. The van der Waals surface area contributed by atoms with Crippen molar-refractivity contribution in [2.24, 2.45) is 0 Å². The van der Waals surface area contributed by atoms with Crippen LogP contribution in [0.4, 0.5) is 0 Å². The van der Waals surface area contributed by atoms with E-state index in [0.717, 1.165) is 12.6 Å². The van der Waals surface area contributed by atoms with Crippen LogP contribution in [0.2, 0.25) is 0 Å². The second-order valence-corrected chi connectivity index (χ2v) is 5.68.